The number of hydrogen-bond acceptors (Lipinski definition) is 21. The monoisotopic (exact) mass is 950 g/mol. The molecular formula is C45H74O21. The first-order valence-corrected chi connectivity index (χ1v) is 23.7. The van der Waals surface area contributed by atoms with Crippen molar-refractivity contribution >= 4 is 11.8 Å². The van der Waals surface area contributed by atoms with Crippen LogP contribution in [0.2, 0.25) is 0 Å². The first kappa shape index (κ1) is 52.2. The van der Waals surface area contributed by atoms with Crippen molar-refractivity contribution in [2.45, 2.75) is 196 Å². The lowest BCUT2D eigenvalue weighted by molar-refractivity contribution is -0.376. The molecule has 7 rings (SSSR count). The van der Waals surface area contributed by atoms with Gasteiger partial charge in [0.15, 0.2) is 18.9 Å². The normalized spacial score (nSPS) is 51.0. The first-order chi connectivity index (χ1) is 31.2. The fourth-order valence-corrected chi connectivity index (χ4v) is 13.2. The molecule has 66 heavy (non-hydrogen) atoms. The number of Topliss-reactive ketones (excluding diaryl/α,β-unsaturated/α-hetero) is 1. The third-order valence-corrected chi connectivity index (χ3v) is 16.9. The molecule has 0 spiro atoms. The molecule has 0 aromatic carbocycles. The van der Waals surface area contributed by atoms with Gasteiger partial charge in [-0.3, -0.25) is 9.59 Å². The molecule has 26 unspecified atom stereocenters. The lowest BCUT2D eigenvalue weighted by Crippen LogP contribution is -2.65. The van der Waals surface area contributed by atoms with Crippen molar-refractivity contribution in [3.63, 3.8) is 0 Å². The summed E-state index contributed by atoms with van der Waals surface area (Å²) in [6, 6.07) is 0. The van der Waals surface area contributed by atoms with Crippen LogP contribution in [0.3, 0.4) is 0 Å². The lowest BCUT2D eigenvalue weighted by Gasteiger charge is -2.61. The summed E-state index contributed by atoms with van der Waals surface area (Å²) in [5, 5.41) is 125. The maximum atomic E-state index is 13.4. The van der Waals surface area contributed by atoms with Crippen molar-refractivity contribution in [2.75, 3.05) is 26.4 Å². The summed E-state index contributed by atoms with van der Waals surface area (Å²) in [6.45, 7) is 5.75. The van der Waals surface area contributed by atoms with Crippen LogP contribution < -0.4 is 0 Å². The quantitative estimate of drug-likeness (QED) is 0.0574. The Labute approximate surface area is 383 Å². The van der Waals surface area contributed by atoms with E-state index in [1.807, 2.05) is 6.92 Å². The minimum absolute atomic E-state index is 0.0367. The molecule has 0 aromatic rings. The van der Waals surface area contributed by atoms with Gasteiger partial charge in [-0.2, -0.15) is 0 Å². The van der Waals surface area contributed by atoms with Gasteiger partial charge in [-0.05, 0) is 98.7 Å². The molecule has 3 heterocycles. The Morgan fingerprint density at radius 3 is 1.83 bits per heavy atom. The third kappa shape index (κ3) is 9.87. The summed E-state index contributed by atoms with van der Waals surface area (Å²) in [7, 11) is 0. The van der Waals surface area contributed by atoms with Gasteiger partial charge in [0.25, 0.3) is 0 Å². The van der Waals surface area contributed by atoms with E-state index in [1.54, 1.807) is 6.92 Å². The van der Waals surface area contributed by atoms with Crippen molar-refractivity contribution < 1.29 is 104 Å². The summed E-state index contributed by atoms with van der Waals surface area (Å²) in [5.41, 5.74) is -0.768. The second-order valence-electron chi connectivity index (χ2n) is 20.9. The number of rotatable bonds is 15. The number of aliphatic hydroxyl groups excluding tert-OH is 12. The Kier molecular flexibility index (Phi) is 16.6. The molecule has 26 atom stereocenters. The Morgan fingerprint density at radius 1 is 0.652 bits per heavy atom. The van der Waals surface area contributed by atoms with Gasteiger partial charge in [0.05, 0.1) is 44.6 Å². The molecule has 0 radical (unpaired) electrons. The van der Waals surface area contributed by atoms with E-state index in [1.165, 1.54) is 0 Å². The predicted molar refractivity (Wildman–Crippen MR) is 222 cm³/mol. The summed E-state index contributed by atoms with van der Waals surface area (Å²) in [6.07, 6.45) is -20.8. The third-order valence-electron chi connectivity index (χ3n) is 16.9. The van der Waals surface area contributed by atoms with Gasteiger partial charge in [-0.25, -0.2) is 0 Å². The van der Waals surface area contributed by atoms with Crippen molar-refractivity contribution in [3.05, 3.63) is 0 Å². The van der Waals surface area contributed by atoms with Crippen LogP contribution in [0.15, 0.2) is 0 Å². The molecule has 3 aliphatic heterocycles. The standard InChI is InChI=1S/C45H74O21/c1-18(17-60-41-38(58)35(55)32(52)27(14-46)63-41)5-8-30(51)61-26-12-23-21-7-6-20-11-25(24(50)13-45(20,4)22(21)9-10-44(23,3)31(26)19(2)49)62-43-40(37(57)34(54)29(16-48)65-43)66-42-39(59)36(56)33(53)28(15-47)64-42/h18,20-29,31-43,46-48,50,52-59H,5-17H2,1-4H3. The van der Waals surface area contributed by atoms with Gasteiger partial charge in [-0.1, -0.05) is 20.8 Å². The zero-order chi connectivity index (χ0) is 48.2. The average Bonchev–Trinajstić information content (AvgIpc) is 3.58. The fourth-order valence-electron chi connectivity index (χ4n) is 13.2. The molecule has 21 heteroatoms. The molecule has 0 bridgehead atoms. The van der Waals surface area contributed by atoms with Crippen molar-refractivity contribution in [1.29, 1.82) is 0 Å². The van der Waals surface area contributed by atoms with Crippen molar-refractivity contribution in [2.24, 2.45) is 46.3 Å². The molecule has 380 valence electrons. The Bertz CT molecular complexity index is 1640. The highest BCUT2D eigenvalue weighted by Gasteiger charge is 2.65. The zero-order valence-corrected chi connectivity index (χ0v) is 38.1. The Balaban J connectivity index is 0.974. The number of ketones is 1. The maximum Gasteiger partial charge on any atom is 0.306 e. The van der Waals surface area contributed by atoms with E-state index in [9.17, 15) is 70.9 Å². The number of aliphatic hydroxyl groups is 12. The highest BCUT2D eigenvalue weighted by Crippen LogP contribution is 2.68. The Morgan fingerprint density at radius 2 is 1.23 bits per heavy atom. The summed E-state index contributed by atoms with van der Waals surface area (Å²) in [4.78, 5) is 26.9. The van der Waals surface area contributed by atoms with Gasteiger partial charge < -0.3 is 94.4 Å². The van der Waals surface area contributed by atoms with Crippen LogP contribution in [-0.2, 0) is 42.7 Å². The average molecular weight is 951 g/mol. The van der Waals surface area contributed by atoms with Crippen LogP contribution in [0.4, 0.5) is 0 Å². The molecule has 7 fully saturated rings. The van der Waals surface area contributed by atoms with Crippen LogP contribution in [-0.4, -0.2) is 210 Å². The lowest BCUT2D eigenvalue weighted by atomic mass is 9.44. The van der Waals surface area contributed by atoms with Crippen molar-refractivity contribution in [1.82, 2.24) is 0 Å². The number of carbonyl (C=O) groups is 2. The molecule has 0 amide bonds. The topological polar surface area (TPSA) is 342 Å². The summed E-state index contributed by atoms with van der Waals surface area (Å²) < 4.78 is 40.8. The van der Waals surface area contributed by atoms with Crippen LogP contribution >= 0.6 is 0 Å². The highest BCUT2D eigenvalue weighted by atomic mass is 16.8. The molecule has 3 saturated heterocycles. The van der Waals surface area contributed by atoms with Crippen LogP contribution in [0.1, 0.15) is 85.5 Å². The summed E-state index contributed by atoms with van der Waals surface area (Å²) >= 11 is 0. The Hall–Kier alpha value is -1.58. The van der Waals surface area contributed by atoms with Gasteiger partial charge in [0.1, 0.15) is 85.1 Å². The van der Waals surface area contributed by atoms with E-state index >= 15 is 0 Å². The first-order valence-electron chi connectivity index (χ1n) is 23.7. The van der Waals surface area contributed by atoms with E-state index in [-0.39, 0.29) is 53.8 Å². The SMILES string of the molecule is CC(=O)C1C(OC(=O)CCC(C)COC2OC(CO)C(O)C(O)C2O)CC2C3CCC4CC(OC5OC(CO)C(O)C(O)C5OC5OC(CO)C(O)C(O)C5O)C(O)CC4(C)C3CCC21C. The molecule has 12 N–H and O–H groups in total. The van der Waals surface area contributed by atoms with E-state index in [0.717, 1.165) is 25.7 Å². The molecule has 4 saturated carbocycles. The molecular weight excluding hydrogens is 876 g/mol. The number of esters is 1. The van der Waals surface area contributed by atoms with Gasteiger partial charge in [0, 0.05) is 6.42 Å². The van der Waals surface area contributed by atoms with E-state index in [0.29, 0.717) is 25.7 Å². The molecule has 21 nitrogen and oxygen atoms in total. The second-order valence-corrected chi connectivity index (χ2v) is 20.9. The van der Waals surface area contributed by atoms with E-state index in [2.05, 4.69) is 13.8 Å². The smallest absolute Gasteiger partial charge is 0.306 e. The van der Waals surface area contributed by atoms with Crippen molar-refractivity contribution in [3.8, 4) is 0 Å². The fraction of sp³-hybridized carbons (Fsp3) is 0.956. The number of ether oxygens (including phenoxy) is 7. The van der Waals surface area contributed by atoms with Crippen LogP contribution in [0.25, 0.3) is 0 Å². The number of hydrogen-bond donors (Lipinski definition) is 12. The predicted octanol–water partition coefficient (Wildman–Crippen LogP) is -3.03. The minimum atomic E-state index is -1.83. The van der Waals surface area contributed by atoms with Gasteiger partial charge in [-0.15, -0.1) is 0 Å². The summed E-state index contributed by atoms with van der Waals surface area (Å²) in [5.74, 6) is -0.702. The zero-order valence-electron chi connectivity index (χ0n) is 38.1. The highest BCUT2D eigenvalue weighted by molar-refractivity contribution is 5.81. The maximum absolute atomic E-state index is 13.4. The second kappa shape index (κ2) is 21.0. The van der Waals surface area contributed by atoms with E-state index in [4.69, 9.17) is 33.2 Å². The van der Waals surface area contributed by atoms with Gasteiger partial charge >= 0.3 is 5.97 Å². The largest absolute Gasteiger partial charge is 0.462 e. The van der Waals surface area contributed by atoms with Crippen LogP contribution in [0.5, 0.6) is 0 Å². The van der Waals surface area contributed by atoms with Crippen LogP contribution in [0, 0.1) is 46.3 Å². The number of carbonyl (C=O) groups excluding carboxylic acids is 2. The number of fused-ring (bicyclic) bond motifs is 5. The minimum Gasteiger partial charge on any atom is -0.462 e. The molecule has 0 aromatic heterocycles. The molecule has 4 aliphatic carbocycles. The van der Waals surface area contributed by atoms with Gasteiger partial charge in [0.2, 0.25) is 0 Å². The molecule has 7 aliphatic rings. The van der Waals surface area contributed by atoms with E-state index < -0.39 is 148 Å².